The Balaban J connectivity index is 1.25. The Morgan fingerprint density at radius 2 is 2.00 bits per heavy atom. The van der Waals surface area contributed by atoms with Crippen LogP contribution < -0.4 is 15.1 Å². The zero-order valence-corrected chi connectivity index (χ0v) is 20.6. The van der Waals surface area contributed by atoms with E-state index in [-0.39, 0.29) is 30.9 Å². The third-order valence-corrected chi connectivity index (χ3v) is 7.44. The van der Waals surface area contributed by atoms with Gasteiger partial charge in [-0.1, -0.05) is 6.07 Å². The van der Waals surface area contributed by atoms with Crippen molar-refractivity contribution in [2.24, 2.45) is 0 Å². The molecule has 14 heteroatoms. The van der Waals surface area contributed by atoms with E-state index in [0.29, 0.717) is 37.1 Å². The van der Waals surface area contributed by atoms with Gasteiger partial charge in [0.2, 0.25) is 11.8 Å². The summed E-state index contributed by atoms with van der Waals surface area (Å²) in [6.45, 7) is 3.77. The largest absolute Gasteiger partial charge is 0.451 e. The summed E-state index contributed by atoms with van der Waals surface area (Å²) in [5, 5.41) is 11.1. The summed E-state index contributed by atoms with van der Waals surface area (Å²) >= 11 is 1.54. The lowest BCUT2D eigenvalue weighted by atomic mass is 10.2. The van der Waals surface area contributed by atoms with Crippen LogP contribution in [0.25, 0.3) is 10.2 Å². The molecule has 1 atom stereocenters. The number of halogens is 3. The average Bonchev–Trinajstić information content (AvgIpc) is 3.60. The molecule has 2 aliphatic heterocycles. The maximum absolute atomic E-state index is 13.3. The monoisotopic (exact) mass is 529 g/mol. The minimum absolute atomic E-state index is 0.0864. The Bertz CT molecular complexity index is 1470. The number of hydrogen-bond acceptors (Lipinski definition) is 9. The van der Waals surface area contributed by atoms with Gasteiger partial charge in [-0.25, -0.2) is 4.98 Å². The summed E-state index contributed by atoms with van der Waals surface area (Å²) in [7, 11) is 0. The van der Waals surface area contributed by atoms with Crippen molar-refractivity contribution < 1.29 is 18.0 Å². The summed E-state index contributed by atoms with van der Waals surface area (Å²) in [5.74, 6) is 0.236. The van der Waals surface area contributed by atoms with Crippen molar-refractivity contribution >= 4 is 39.2 Å². The van der Waals surface area contributed by atoms with E-state index in [4.69, 9.17) is 9.97 Å². The zero-order chi connectivity index (χ0) is 25.7. The average molecular weight is 530 g/mol. The van der Waals surface area contributed by atoms with Crippen LogP contribution in [0.5, 0.6) is 0 Å². The van der Waals surface area contributed by atoms with Gasteiger partial charge in [-0.3, -0.25) is 9.78 Å². The Kier molecular flexibility index (Phi) is 5.70. The molecule has 0 spiro atoms. The van der Waals surface area contributed by atoms with Crippen molar-refractivity contribution in [3.63, 3.8) is 0 Å². The molecule has 0 bridgehead atoms. The van der Waals surface area contributed by atoms with Crippen LogP contribution in [-0.2, 0) is 19.3 Å². The van der Waals surface area contributed by atoms with Crippen LogP contribution in [0.1, 0.15) is 33.4 Å². The molecular weight excluding hydrogens is 507 g/mol. The van der Waals surface area contributed by atoms with Gasteiger partial charge in [-0.2, -0.15) is 18.2 Å². The second-order valence-electron chi connectivity index (χ2n) is 9.05. The van der Waals surface area contributed by atoms with Gasteiger partial charge in [0, 0.05) is 43.3 Å². The lowest BCUT2D eigenvalue weighted by molar-refractivity contribution is -0.147. The number of fused-ring (bicyclic) bond motifs is 2. The van der Waals surface area contributed by atoms with Gasteiger partial charge >= 0.3 is 6.18 Å². The minimum atomic E-state index is -4.55. The molecule has 4 aromatic rings. The number of aromatic nitrogens is 6. The molecule has 0 aromatic carbocycles. The van der Waals surface area contributed by atoms with Crippen molar-refractivity contribution in [2.45, 2.75) is 38.7 Å². The number of pyridine rings is 1. The number of thiophene rings is 1. The van der Waals surface area contributed by atoms with Crippen molar-refractivity contribution in [1.82, 2.24) is 35.0 Å². The fourth-order valence-corrected chi connectivity index (χ4v) is 5.63. The molecule has 4 aromatic heterocycles. The maximum atomic E-state index is 13.3. The van der Waals surface area contributed by atoms with Gasteiger partial charge in [0.25, 0.3) is 5.91 Å². The second kappa shape index (κ2) is 8.94. The van der Waals surface area contributed by atoms with E-state index < -0.39 is 12.0 Å². The predicted molar refractivity (Wildman–Crippen MR) is 131 cm³/mol. The van der Waals surface area contributed by atoms with Crippen LogP contribution in [0.15, 0.2) is 30.5 Å². The van der Waals surface area contributed by atoms with Gasteiger partial charge in [0.1, 0.15) is 16.3 Å². The highest BCUT2D eigenvalue weighted by Crippen LogP contribution is 2.36. The molecule has 37 heavy (non-hydrogen) atoms. The Morgan fingerprint density at radius 3 is 2.78 bits per heavy atom. The number of nitrogens with one attached hydrogen (secondary N) is 1. The van der Waals surface area contributed by atoms with Crippen LogP contribution in [0.3, 0.4) is 0 Å². The number of carbonyl (C=O) groups is 1. The normalized spacial score (nSPS) is 17.9. The first-order valence-corrected chi connectivity index (χ1v) is 12.6. The van der Waals surface area contributed by atoms with E-state index in [1.165, 1.54) is 0 Å². The smallest absolute Gasteiger partial charge is 0.347 e. The van der Waals surface area contributed by atoms with E-state index in [1.807, 2.05) is 22.8 Å². The SMILES string of the molecule is Cc1cc2c(N3CCn4c(nnc4C(F)(F)F)C3)nc(N3CCC(NC(=O)c4ccccn4)C3)nc2s1. The molecule has 10 nitrogen and oxygen atoms in total. The molecule has 1 N–H and O–H groups in total. The number of nitrogens with zero attached hydrogens (tertiary/aromatic N) is 8. The fourth-order valence-electron chi connectivity index (χ4n) is 4.76. The molecule has 1 saturated heterocycles. The van der Waals surface area contributed by atoms with Crippen LogP contribution in [0, 0.1) is 6.92 Å². The lowest BCUT2D eigenvalue weighted by Gasteiger charge is -2.30. The first-order valence-electron chi connectivity index (χ1n) is 11.8. The Morgan fingerprint density at radius 1 is 1.14 bits per heavy atom. The number of hydrogen-bond donors (Lipinski definition) is 1. The maximum Gasteiger partial charge on any atom is 0.451 e. The van der Waals surface area contributed by atoms with Crippen molar-refractivity contribution in [1.29, 1.82) is 0 Å². The Labute approximate surface area is 213 Å². The molecule has 6 heterocycles. The van der Waals surface area contributed by atoms with Crippen LogP contribution >= 0.6 is 11.3 Å². The van der Waals surface area contributed by atoms with E-state index in [9.17, 15) is 18.0 Å². The summed E-state index contributed by atoms with van der Waals surface area (Å²) in [6, 6.07) is 7.11. The summed E-state index contributed by atoms with van der Waals surface area (Å²) in [6.07, 6.45) is -2.24. The summed E-state index contributed by atoms with van der Waals surface area (Å²) < 4.78 is 41.0. The fraction of sp³-hybridized carbons (Fsp3) is 0.391. The zero-order valence-electron chi connectivity index (χ0n) is 19.7. The molecule has 192 valence electrons. The lowest BCUT2D eigenvalue weighted by Crippen LogP contribution is -2.38. The number of carbonyl (C=O) groups excluding carboxylic acids is 1. The highest BCUT2D eigenvalue weighted by Gasteiger charge is 2.40. The van der Waals surface area contributed by atoms with Crippen molar-refractivity contribution in [3.8, 4) is 0 Å². The third-order valence-electron chi connectivity index (χ3n) is 6.49. The van der Waals surface area contributed by atoms with Crippen molar-refractivity contribution in [3.05, 3.63) is 52.7 Å². The summed E-state index contributed by atoms with van der Waals surface area (Å²) in [5.41, 5.74) is 0.363. The molecule has 1 unspecified atom stereocenters. The number of rotatable bonds is 4. The first kappa shape index (κ1) is 23.6. The van der Waals surface area contributed by atoms with Crippen LogP contribution in [-0.4, -0.2) is 61.3 Å². The van der Waals surface area contributed by atoms with E-state index in [1.54, 1.807) is 35.7 Å². The van der Waals surface area contributed by atoms with E-state index >= 15 is 0 Å². The first-order chi connectivity index (χ1) is 17.8. The van der Waals surface area contributed by atoms with Gasteiger partial charge in [-0.15, -0.1) is 21.5 Å². The van der Waals surface area contributed by atoms with Crippen LogP contribution in [0.2, 0.25) is 0 Å². The molecule has 0 aliphatic carbocycles. The van der Waals surface area contributed by atoms with Crippen LogP contribution in [0.4, 0.5) is 24.9 Å². The van der Waals surface area contributed by atoms with E-state index in [2.05, 4.69) is 20.5 Å². The number of alkyl halides is 3. The number of anilines is 2. The molecule has 0 saturated carbocycles. The Hall–Kier alpha value is -3.81. The number of aryl methyl sites for hydroxylation is 1. The van der Waals surface area contributed by atoms with Gasteiger partial charge in [0.05, 0.1) is 11.9 Å². The molecule has 1 fully saturated rings. The molecule has 0 radical (unpaired) electrons. The van der Waals surface area contributed by atoms with Gasteiger partial charge in [-0.05, 0) is 31.5 Å². The minimum Gasteiger partial charge on any atom is -0.347 e. The highest BCUT2D eigenvalue weighted by atomic mass is 32.1. The predicted octanol–water partition coefficient (Wildman–Crippen LogP) is 3.03. The number of amides is 1. The van der Waals surface area contributed by atoms with E-state index in [0.717, 1.165) is 26.1 Å². The van der Waals surface area contributed by atoms with Gasteiger partial charge in [0.15, 0.2) is 5.82 Å². The summed E-state index contributed by atoms with van der Waals surface area (Å²) in [4.78, 5) is 32.1. The topological polar surface area (TPSA) is 105 Å². The van der Waals surface area contributed by atoms with Crippen molar-refractivity contribution in [2.75, 3.05) is 29.4 Å². The standard InChI is InChI=1S/C23H22F3N9OS/c1-13-10-15-18(33-8-9-35-17(12-33)31-32-21(35)23(24,25)26)29-22(30-20(15)37-13)34-7-5-14(11-34)28-19(36)16-4-2-3-6-27-16/h2-4,6,10,14H,5,7-9,11-12H2,1H3,(H,28,36). The second-order valence-corrected chi connectivity index (χ2v) is 10.3. The molecule has 2 aliphatic rings. The molecule has 6 rings (SSSR count). The molecular formula is C23H22F3N9OS. The third kappa shape index (κ3) is 4.45. The highest BCUT2D eigenvalue weighted by molar-refractivity contribution is 7.18. The van der Waals surface area contributed by atoms with Gasteiger partial charge < -0.3 is 19.7 Å². The molecule has 1 amide bonds. The quantitative estimate of drug-likeness (QED) is 0.430.